The van der Waals surface area contributed by atoms with Crippen LogP contribution in [0.5, 0.6) is 0 Å². The van der Waals surface area contributed by atoms with Crippen LogP contribution in [0.15, 0.2) is 36.0 Å². The van der Waals surface area contributed by atoms with Crippen molar-refractivity contribution < 1.29 is 38.4 Å². The molecule has 9 atom stereocenters. The first-order valence-electron chi connectivity index (χ1n) is 16.4. The van der Waals surface area contributed by atoms with Gasteiger partial charge in [0.25, 0.3) is 0 Å². The van der Waals surface area contributed by atoms with Crippen molar-refractivity contribution in [2.24, 2.45) is 17.8 Å². The quantitative estimate of drug-likeness (QED) is 0.0767. The Bertz CT molecular complexity index is 1040. The first-order valence-corrected chi connectivity index (χ1v) is 19.3. The second kappa shape index (κ2) is 16.1. The Kier molecular flexibility index (Phi) is 14.0. The van der Waals surface area contributed by atoms with Crippen LogP contribution >= 0.6 is 0 Å². The van der Waals surface area contributed by atoms with E-state index in [0.717, 1.165) is 18.4 Å². The number of aliphatic hydroxyl groups is 1. The largest absolute Gasteiger partial charge is 0.506 e. The van der Waals surface area contributed by atoms with Gasteiger partial charge in [0.15, 0.2) is 8.32 Å². The van der Waals surface area contributed by atoms with Gasteiger partial charge in [0.2, 0.25) is 0 Å². The van der Waals surface area contributed by atoms with Crippen molar-refractivity contribution in [2.45, 2.75) is 155 Å². The van der Waals surface area contributed by atoms with Crippen LogP contribution in [0.4, 0.5) is 4.79 Å². The predicted octanol–water partition coefficient (Wildman–Crippen LogP) is 8.21. The Morgan fingerprint density at radius 1 is 1.27 bits per heavy atom. The van der Waals surface area contributed by atoms with Crippen LogP contribution in [0.1, 0.15) is 101 Å². The molecule has 0 saturated carbocycles. The van der Waals surface area contributed by atoms with E-state index in [1.165, 1.54) is 0 Å². The number of ether oxygens (including phenoxy) is 3. The molecule has 2 N–H and O–H groups in total. The summed E-state index contributed by atoms with van der Waals surface area (Å²) in [5.74, 6) is 0.00721. The summed E-state index contributed by atoms with van der Waals surface area (Å²) >= 11 is 0. The number of epoxide rings is 1. The van der Waals surface area contributed by atoms with Crippen LogP contribution in [-0.2, 0) is 23.4 Å². The Morgan fingerprint density at radius 3 is 2.52 bits per heavy atom. The maximum atomic E-state index is 12.7. The van der Waals surface area contributed by atoms with Crippen LogP contribution in [0.3, 0.4) is 0 Å². The minimum atomic E-state index is -1.86. The topological polar surface area (TPSA) is 115 Å². The van der Waals surface area contributed by atoms with Crippen molar-refractivity contribution >= 4 is 20.4 Å². The molecule has 1 fully saturated rings. The number of carbonyl (C=O) groups excluding carboxylic acids is 1. The highest BCUT2D eigenvalue weighted by Crippen LogP contribution is 2.42. The second-order valence-corrected chi connectivity index (χ2v) is 19.7. The van der Waals surface area contributed by atoms with Gasteiger partial charge in [0.05, 0.1) is 24.7 Å². The molecule has 1 saturated heterocycles. The monoisotopic (exact) mass is 636 g/mol. The van der Waals surface area contributed by atoms with Gasteiger partial charge in [0, 0.05) is 24.4 Å². The lowest BCUT2D eigenvalue weighted by molar-refractivity contribution is -0.151. The SMILES string of the molecule is CCC(O[Si](C)(C)C(C)(C)C)C(C)C1OC1CC(C)/C=C/C=C(\C)C1OC(=O)CC(O)CCC(C)(OC(=O)O)C/C=C/C1C. The molecule has 0 aromatic heterocycles. The van der Waals surface area contributed by atoms with E-state index in [1.54, 1.807) is 6.92 Å². The Hall–Kier alpha value is -1.94. The third-order valence-corrected chi connectivity index (χ3v) is 14.2. The molecule has 9 unspecified atom stereocenters. The minimum absolute atomic E-state index is 0.156. The molecule has 252 valence electrons. The third-order valence-electron chi connectivity index (χ3n) is 9.70. The van der Waals surface area contributed by atoms with Gasteiger partial charge in [-0.2, -0.15) is 0 Å². The zero-order valence-electron chi connectivity index (χ0n) is 29.1. The lowest BCUT2D eigenvalue weighted by Gasteiger charge is -2.40. The standard InChI is InChI=1S/C35H60O8Si/c1-12-28(43-44(10,11)34(6,7)8)26(5)32-29(40-32)21-23(2)15-13-16-24(3)31-25(4)17-14-19-35(9,42-33(38)39)20-18-27(36)22-30(37)41-31/h13-17,23,25-29,31-32,36H,12,18-22H2,1-11H3,(H,38,39)/b15-13+,17-14+,24-16+. The highest BCUT2D eigenvalue weighted by molar-refractivity contribution is 6.74. The summed E-state index contributed by atoms with van der Waals surface area (Å²) in [6.07, 6.45) is 10.5. The number of hydrogen-bond acceptors (Lipinski definition) is 7. The molecule has 0 radical (unpaired) electrons. The number of aliphatic hydroxyl groups excluding tert-OH is 1. The molecule has 2 rings (SSSR count). The number of esters is 1. The molecule has 0 amide bonds. The molecule has 0 spiro atoms. The van der Waals surface area contributed by atoms with Gasteiger partial charge in [-0.05, 0) is 69.2 Å². The van der Waals surface area contributed by atoms with E-state index in [1.807, 2.05) is 38.2 Å². The molecule has 0 aliphatic carbocycles. The van der Waals surface area contributed by atoms with Gasteiger partial charge in [-0.25, -0.2) is 4.79 Å². The summed E-state index contributed by atoms with van der Waals surface area (Å²) in [5, 5.41) is 19.8. The highest BCUT2D eigenvalue weighted by atomic mass is 28.4. The van der Waals surface area contributed by atoms with Crippen LogP contribution in [-0.4, -0.2) is 66.8 Å². The van der Waals surface area contributed by atoms with Crippen molar-refractivity contribution in [1.29, 1.82) is 0 Å². The Labute approximate surface area is 267 Å². The van der Waals surface area contributed by atoms with Crippen molar-refractivity contribution in [2.75, 3.05) is 0 Å². The van der Waals surface area contributed by atoms with Crippen molar-refractivity contribution in [3.05, 3.63) is 36.0 Å². The lowest BCUT2D eigenvalue weighted by atomic mass is 9.90. The van der Waals surface area contributed by atoms with Crippen LogP contribution in [0.25, 0.3) is 0 Å². The van der Waals surface area contributed by atoms with E-state index in [0.29, 0.717) is 24.7 Å². The molecular formula is C35H60O8Si. The highest BCUT2D eigenvalue weighted by Gasteiger charge is 2.48. The first-order chi connectivity index (χ1) is 20.3. The fourth-order valence-corrected chi connectivity index (χ4v) is 7.18. The zero-order valence-corrected chi connectivity index (χ0v) is 30.1. The summed E-state index contributed by atoms with van der Waals surface area (Å²) in [4.78, 5) is 24.0. The molecule has 2 heterocycles. The van der Waals surface area contributed by atoms with E-state index < -0.39 is 38.3 Å². The Morgan fingerprint density at radius 2 is 1.93 bits per heavy atom. The average molecular weight is 637 g/mol. The van der Waals surface area contributed by atoms with Crippen LogP contribution < -0.4 is 0 Å². The number of hydrogen-bond donors (Lipinski definition) is 2. The van der Waals surface area contributed by atoms with Gasteiger partial charge >= 0.3 is 12.1 Å². The van der Waals surface area contributed by atoms with E-state index >= 15 is 0 Å². The van der Waals surface area contributed by atoms with Gasteiger partial charge in [-0.3, -0.25) is 4.79 Å². The normalized spacial score (nSPS) is 32.1. The lowest BCUT2D eigenvalue weighted by Crippen LogP contribution is -2.46. The second-order valence-electron chi connectivity index (χ2n) is 14.9. The van der Waals surface area contributed by atoms with Gasteiger partial charge in [0.1, 0.15) is 11.7 Å². The number of rotatable bonds is 11. The van der Waals surface area contributed by atoms with E-state index in [9.17, 15) is 19.8 Å². The zero-order chi connectivity index (χ0) is 33.5. The maximum absolute atomic E-state index is 12.7. The fraction of sp³-hybridized carbons (Fsp3) is 0.771. The molecule has 44 heavy (non-hydrogen) atoms. The van der Waals surface area contributed by atoms with E-state index in [2.05, 4.69) is 60.7 Å². The molecule has 2 aliphatic heterocycles. The van der Waals surface area contributed by atoms with Crippen LogP contribution in [0, 0.1) is 17.8 Å². The molecular weight excluding hydrogens is 576 g/mol. The summed E-state index contributed by atoms with van der Waals surface area (Å²) in [6, 6.07) is 0. The summed E-state index contributed by atoms with van der Waals surface area (Å²) in [5.41, 5.74) is -0.0966. The summed E-state index contributed by atoms with van der Waals surface area (Å²) in [6.45, 7) is 23.7. The first kappa shape index (κ1) is 38.2. The number of allylic oxidation sites excluding steroid dienone is 3. The average Bonchev–Trinajstić information content (AvgIpc) is 3.65. The van der Waals surface area contributed by atoms with Crippen molar-refractivity contribution in [3.63, 3.8) is 0 Å². The number of cyclic esters (lactones) is 1. The third kappa shape index (κ3) is 11.8. The number of carbonyl (C=O) groups is 2. The maximum Gasteiger partial charge on any atom is 0.506 e. The van der Waals surface area contributed by atoms with Gasteiger partial charge in [-0.15, -0.1) is 0 Å². The molecule has 8 nitrogen and oxygen atoms in total. The Balaban J connectivity index is 2.03. The fourth-order valence-electron chi connectivity index (χ4n) is 5.68. The van der Waals surface area contributed by atoms with Crippen LogP contribution in [0.2, 0.25) is 18.1 Å². The molecule has 0 aromatic carbocycles. The minimum Gasteiger partial charge on any atom is -0.457 e. The molecule has 0 aromatic rings. The summed E-state index contributed by atoms with van der Waals surface area (Å²) in [7, 11) is -1.86. The molecule has 0 bridgehead atoms. The molecule has 2 aliphatic rings. The van der Waals surface area contributed by atoms with Gasteiger partial charge < -0.3 is 28.8 Å². The van der Waals surface area contributed by atoms with E-state index in [-0.39, 0.29) is 42.1 Å². The number of carboxylic acid groups (broad SMARTS) is 1. The van der Waals surface area contributed by atoms with Gasteiger partial charge in [-0.1, -0.05) is 78.8 Å². The van der Waals surface area contributed by atoms with Crippen molar-refractivity contribution in [1.82, 2.24) is 0 Å². The smallest absolute Gasteiger partial charge is 0.457 e. The summed E-state index contributed by atoms with van der Waals surface area (Å²) < 4.78 is 23.9. The van der Waals surface area contributed by atoms with E-state index in [4.69, 9.17) is 18.6 Å². The van der Waals surface area contributed by atoms with Crippen molar-refractivity contribution in [3.8, 4) is 0 Å². The predicted molar refractivity (Wildman–Crippen MR) is 177 cm³/mol. The molecule has 9 heteroatoms.